The number of nitro groups is 1. The summed E-state index contributed by atoms with van der Waals surface area (Å²) in [6, 6.07) is 2.27. The van der Waals surface area contributed by atoms with Gasteiger partial charge in [-0.25, -0.2) is 4.39 Å². The molecule has 1 aromatic carbocycles. The van der Waals surface area contributed by atoms with Crippen molar-refractivity contribution in [3.63, 3.8) is 0 Å². The number of alkyl halides is 3. The quantitative estimate of drug-likeness (QED) is 0.474. The third-order valence-electron chi connectivity index (χ3n) is 2.41. The van der Waals surface area contributed by atoms with Gasteiger partial charge in [0.05, 0.1) is 10.5 Å². The third-order valence-corrected chi connectivity index (χ3v) is 2.41. The maximum absolute atomic E-state index is 13.0. The van der Waals surface area contributed by atoms with Crippen LogP contribution < -0.4 is 0 Å². The van der Waals surface area contributed by atoms with Crippen molar-refractivity contribution < 1.29 is 22.5 Å². The van der Waals surface area contributed by atoms with Crippen molar-refractivity contribution >= 4 is 6.08 Å². The lowest BCUT2D eigenvalue weighted by molar-refractivity contribution is -0.431. The average Bonchev–Trinajstić information content (AvgIpc) is 2.25. The predicted molar refractivity (Wildman–Crippen MR) is 61.2 cm³/mol. The van der Waals surface area contributed by atoms with Gasteiger partial charge >= 0.3 is 6.18 Å². The highest BCUT2D eigenvalue weighted by Gasteiger charge is 2.34. The number of benzene rings is 1. The van der Waals surface area contributed by atoms with Crippen LogP contribution in [0.3, 0.4) is 0 Å². The molecule has 0 N–H and O–H groups in total. The zero-order chi connectivity index (χ0) is 14.8. The molecule has 0 unspecified atom stereocenters. The topological polar surface area (TPSA) is 43.1 Å². The van der Waals surface area contributed by atoms with Crippen LogP contribution in [0.15, 0.2) is 23.9 Å². The average molecular weight is 277 g/mol. The highest BCUT2D eigenvalue weighted by atomic mass is 19.4. The number of nitrogens with zero attached hydrogens (tertiary/aromatic N) is 1. The minimum atomic E-state index is -4.83. The van der Waals surface area contributed by atoms with Gasteiger partial charge < -0.3 is 0 Å². The summed E-state index contributed by atoms with van der Waals surface area (Å²) in [6.07, 6.45) is -3.82. The van der Waals surface area contributed by atoms with E-state index in [1.807, 2.05) is 0 Å². The Labute approximate surface area is 106 Å². The van der Waals surface area contributed by atoms with Crippen molar-refractivity contribution in [2.24, 2.45) is 5.92 Å². The molecule has 0 bridgehead atoms. The fourth-order valence-corrected chi connectivity index (χ4v) is 1.45. The first kappa shape index (κ1) is 15.1. The van der Waals surface area contributed by atoms with E-state index in [9.17, 15) is 27.7 Å². The number of rotatable bonds is 3. The van der Waals surface area contributed by atoms with E-state index in [1.54, 1.807) is 13.8 Å². The van der Waals surface area contributed by atoms with Gasteiger partial charge in [-0.15, -0.1) is 0 Å². The van der Waals surface area contributed by atoms with Gasteiger partial charge in [0.15, 0.2) is 0 Å². The second-order valence-electron chi connectivity index (χ2n) is 4.22. The Kier molecular flexibility index (Phi) is 4.28. The van der Waals surface area contributed by atoms with Crippen molar-refractivity contribution in [3.8, 4) is 0 Å². The molecular weight excluding hydrogens is 266 g/mol. The molecular formula is C12H11F4NO2. The molecule has 19 heavy (non-hydrogen) atoms. The third kappa shape index (κ3) is 3.77. The van der Waals surface area contributed by atoms with Gasteiger partial charge in [-0.2, -0.15) is 13.2 Å². The summed E-state index contributed by atoms with van der Waals surface area (Å²) in [4.78, 5) is 10.1. The number of hydrogen-bond acceptors (Lipinski definition) is 2. The molecule has 0 atom stereocenters. The maximum Gasteiger partial charge on any atom is 0.419 e. The SMILES string of the molecule is CC(C)/C(=C/c1ccc(F)c(C(F)(F)F)c1)[N+](=O)[O-]. The molecule has 0 saturated carbocycles. The zero-order valence-corrected chi connectivity index (χ0v) is 10.2. The second kappa shape index (κ2) is 5.38. The number of hydrogen-bond donors (Lipinski definition) is 0. The summed E-state index contributed by atoms with van der Waals surface area (Å²) in [5.41, 5.74) is -1.73. The largest absolute Gasteiger partial charge is 0.419 e. The lowest BCUT2D eigenvalue weighted by Crippen LogP contribution is -2.09. The molecule has 0 heterocycles. The van der Waals surface area contributed by atoms with Crippen LogP contribution in [0, 0.1) is 21.8 Å². The Hall–Kier alpha value is -1.92. The lowest BCUT2D eigenvalue weighted by atomic mass is 10.0. The van der Waals surface area contributed by atoms with E-state index in [1.165, 1.54) is 0 Å². The summed E-state index contributed by atoms with van der Waals surface area (Å²) in [5.74, 6) is -1.87. The van der Waals surface area contributed by atoms with E-state index < -0.39 is 28.4 Å². The molecule has 0 spiro atoms. The summed E-state index contributed by atoms with van der Waals surface area (Å²) in [5, 5.41) is 10.7. The molecule has 0 fully saturated rings. The van der Waals surface area contributed by atoms with Crippen molar-refractivity contribution in [2.75, 3.05) is 0 Å². The molecule has 0 aromatic heterocycles. The molecule has 7 heteroatoms. The van der Waals surface area contributed by atoms with E-state index in [4.69, 9.17) is 0 Å². The molecule has 1 aromatic rings. The Balaban J connectivity index is 3.30. The Morgan fingerprint density at radius 1 is 1.37 bits per heavy atom. The first-order valence-corrected chi connectivity index (χ1v) is 5.35. The summed E-state index contributed by atoms with van der Waals surface area (Å²) >= 11 is 0. The minimum Gasteiger partial charge on any atom is -0.259 e. The Morgan fingerprint density at radius 2 is 1.95 bits per heavy atom. The van der Waals surface area contributed by atoms with E-state index in [0.717, 1.165) is 12.1 Å². The van der Waals surface area contributed by atoms with Crippen LogP contribution in [0.1, 0.15) is 25.0 Å². The standard InChI is InChI=1S/C12H11F4NO2/c1-7(2)11(17(18)19)6-8-3-4-10(13)9(5-8)12(14,15)16/h3-7H,1-2H3/b11-6-. The molecule has 3 nitrogen and oxygen atoms in total. The van der Waals surface area contributed by atoms with Gasteiger partial charge in [-0.3, -0.25) is 10.1 Å². The molecule has 0 aliphatic carbocycles. The van der Waals surface area contributed by atoms with Crippen LogP contribution in [-0.2, 0) is 6.18 Å². The fraction of sp³-hybridized carbons (Fsp3) is 0.333. The second-order valence-corrected chi connectivity index (χ2v) is 4.22. The molecule has 104 valence electrons. The maximum atomic E-state index is 13.0. The monoisotopic (exact) mass is 277 g/mol. The lowest BCUT2D eigenvalue weighted by Gasteiger charge is -2.09. The van der Waals surface area contributed by atoms with Crippen LogP contribution in [0.5, 0.6) is 0 Å². The van der Waals surface area contributed by atoms with Crippen molar-refractivity contribution in [3.05, 3.63) is 51.0 Å². The zero-order valence-electron chi connectivity index (χ0n) is 10.2. The number of halogens is 4. The van der Waals surface area contributed by atoms with E-state index in [-0.39, 0.29) is 11.3 Å². The Bertz CT molecular complexity index is 521. The van der Waals surface area contributed by atoms with Crippen LogP contribution in [0.2, 0.25) is 0 Å². The van der Waals surface area contributed by atoms with Gasteiger partial charge in [0, 0.05) is 12.0 Å². The Morgan fingerprint density at radius 3 is 2.37 bits per heavy atom. The van der Waals surface area contributed by atoms with Gasteiger partial charge in [0.1, 0.15) is 5.82 Å². The molecule has 0 aliphatic heterocycles. The first-order chi connectivity index (χ1) is 8.62. The molecule has 1 rings (SSSR count). The highest BCUT2D eigenvalue weighted by Crippen LogP contribution is 2.32. The van der Waals surface area contributed by atoms with Crippen LogP contribution in [0.25, 0.3) is 6.08 Å². The normalized spacial score (nSPS) is 12.9. The number of allylic oxidation sites excluding steroid dienone is 1. The predicted octanol–water partition coefficient (Wildman–Crippen LogP) is 4.12. The van der Waals surface area contributed by atoms with E-state index in [0.29, 0.717) is 12.1 Å². The van der Waals surface area contributed by atoms with Crippen LogP contribution in [-0.4, -0.2) is 4.92 Å². The van der Waals surface area contributed by atoms with Crippen molar-refractivity contribution in [1.82, 2.24) is 0 Å². The summed E-state index contributed by atoms with van der Waals surface area (Å²) in [6.45, 7) is 3.09. The minimum absolute atomic E-state index is 0.0610. The van der Waals surface area contributed by atoms with Crippen LogP contribution >= 0.6 is 0 Å². The van der Waals surface area contributed by atoms with Gasteiger partial charge in [0.2, 0.25) is 5.70 Å². The van der Waals surface area contributed by atoms with E-state index >= 15 is 0 Å². The van der Waals surface area contributed by atoms with Crippen molar-refractivity contribution in [1.29, 1.82) is 0 Å². The molecule has 0 amide bonds. The van der Waals surface area contributed by atoms with E-state index in [2.05, 4.69) is 0 Å². The highest BCUT2D eigenvalue weighted by molar-refractivity contribution is 5.53. The molecule has 0 radical (unpaired) electrons. The van der Waals surface area contributed by atoms with Gasteiger partial charge in [-0.05, 0) is 17.7 Å². The van der Waals surface area contributed by atoms with Crippen molar-refractivity contribution in [2.45, 2.75) is 20.0 Å². The molecule has 0 saturated heterocycles. The fourth-order valence-electron chi connectivity index (χ4n) is 1.45. The molecule has 0 aliphatic rings. The first-order valence-electron chi connectivity index (χ1n) is 5.35. The summed E-state index contributed by atoms with van der Waals surface area (Å²) in [7, 11) is 0. The van der Waals surface area contributed by atoms with Gasteiger partial charge in [-0.1, -0.05) is 19.9 Å². The smallest absolute Gasteiger partial charge is 0.259 e. The van der Waals surface area contributed by atoms with Crippen LogP contribution in [0.4, 0.5) is 17.6 Å². The summed E-state index contributed by atoms with van der Waals surface area (Å²) < 4.78 is 50.5. The van der Waals surface area contributed by atoms with Gasteiger partial charge in [0.25, 0.3) is 0 Å².